The third-order valence-corrected chi connectivity index (χ3v) is 7.48. The van der Waals surface area contributed by atoms with E-state index in [1.165, 1.54) is 48.7 Å². The monoisotopic (exact) mass is 548 g/mol. The number of hydrogen-bond acceptors (Lipinski definition) is 7. The molecule has 1 saturated heterocycles. The van der Waals surface area contributed by atoms with Crippen molar-refractivity contribution in [1.29, 1.82) is 0 Å². The standard InChI is InChI=1S/C29H25ClN2O7/c1-17-8-13-20-22(15-17)28(36)32(27(20)35)31(26(34)21-5-2-3-6-23(21)30)16-24(33)18-9-11-19(12-10-18)39-29(37)25-7-4-14-38-25/h2-7,9-12,14,17,20,22H,8,13,15-16H2,1H3/t17-,20+,22-/m1/s1. The van der Waals surface area contributed by atoms with Crippen molar-refractivity contribution in [2.24, 2.45) is 17.8 Å². The summed E-state index contributed by atoms with van der Waals surface area (Å²) < 4.78 is 10.2. The zero-order chi connectivity index (χ0) is 27.7. The van der Waals surface area contributed by atoms with Crippen molar-refractivity contribution in [2.75, 3.05) is 6.54 Å². The van der Waals surface area contributed by atoms with Crippen molar-refractivity contribution in [2.45, 2.75) is 26.2 Å². The Balaban J connectivity index is 1.40. The van der Waals surface area contributed by atoms with Crippen molar-refractivity contribution in [3.05, 3.63) is 88.8 Å². The second-order valence-corrected chi connectivity index (χ2v) is 10.2. The molecule has 200 valence electrons. The number of fused-ring (bicyclic) bond motifs is 1. The fourth-order valence-electron chi connectivity index (χ4n) is 5.11. The minimum atomic E-state index is -0.730. The lowest BCUT2D eigenvalue weighted by atomic mass is 9.76. The maximum absolute atomic E-state index is 13.6. The number of furan rings is 1. The van der Waals surface area contributed by atoms with Gasteiger partial charge in [-0.3, -0.25) is 19.2 Å². The SMILES string of the molecule is C[C@@H]1CC[C@@H]2C(=O)N(N(CC(=O)c3ccc(OC(=O)c4ccco4)cc3)C(=O)c3ccccc3Cl)C(=O)[C@@H]2C1. The van der Waals surface area contributed by atoms with Gasteiger partial charge in [0, 0.05) is 5.56 Å². The fourth-order valence-corrected chi connectivity index (χ4v) is 5.32. The van der Waals surface area contributed by atoms with E-state index in [1.54, 1.807) is 18.2 Å². The Bertz CT molecular complexity index is 1430. The van der Waals surface area contributed by atoms with Gasteiger partial charge in [0.2, 0.25) is 5.76 Å². The number of carbonyl (C=O) groups is 5. The molecule has 9 nitrogen and oxygen atoms in total. The fraction of sp³-hybridized carbons (Fsp3) is 0.276. The molecule has 0 unspecified atom stereocenters. The summed E-state index contributed by atoms with van der Waals surface area (Å²) in [6.07, 6.45) is 3.25. The summed E-state index contributed by atoms with van der Waals surface area (Å²) in [5, 5.41) is 1.88. The van der Waals surface area contributed by atoms with E-state index >= 15 is 0 Å². The predicted molar refractivity (Wildman–Crippen MR) is 139 cm³/mol. The first-order chi connectivity index (χ1) is 18.7. The van der Waals surface area contributed by atoms with E-state index in [-0.39, 0.29) is 33.6 Å². The average Bonchev–Trinajstić information content (AvgIpc) is 3.55. The highest BCUT2D eigenvalue weighted by molar-refractivity contribution is 6.34. The van der Waals surface area contributed by atoms with E-state index in [0.29, 0.717) is 12.8 Å². The smallest absolute Gasteiger partial charge is 0.379 e. The van der Waals surface area contributed by atoms with E-state index in [2.05, 4.69) is 0 Å². The predicted octanol–water partition coefficient (Wildman–Crippen LogP) is 4.81. The molecule has 5 rings (SSSR count). The number of rotatable bonds is 7. The van der Waals surface area contributed by atoms with Crippen LogP contribution in [0.4, 0.5) is 0 Å². The van der Waals surface area contributed by atoms with Crippen LogP contribution in [0.5, 0.6) is 5.75 Å². The molecule has 3 amide bonds. The quantitative estimate of drug-likeness (QED) is 0.180. The number of carbonyl (C=O) groups excluding carboxylic acids is 5. The minimum absolute atomic E-state index is 0.0267. The van der Waals surface area contributed by atoms with Crippen molar-refractivity contribution in [1.82, 2.24) is 10.0 Å². The second kappa shape index (κ2) is 10.9. The number of esters is 1. The molecule has 3 aromatic rings. The first-order valence-electron chi connectivity index (χ1n) is 12.6. The summed E-state index contributed by atoms with van der Waals surface area (Å²) in [7, 11) is 0. The molecule has 2 fully saturated rings. The zero-order valence-electron chi connectivity index (χ0n) is 21.0. The molecule has 2 aromatic carbocycles. The number of hydrazine groups is 1. The molecule has 3 atom stereocenters. The Morgan fingerprint density at radius 2 is 1.69 bits per heavy atom. The molecule has 1 aromatic heterocycles. The Morgan fingerprint density at radius 3 is 2.38 bits per heavy atom. The van der Waals surface area contributed by atoms with Crippen LogP contribution in [0, 0.1) is 17.8 Å². The van der Waals surface area contributed by atoms with Crippen LogP contribution in [0.3, 0.4) is 0 Å². The first-order valence-corrected chi connectivity index (χ1v) is 13.0. The van der Waals surface area contributed by atoms with Gasteiger partial charge >= 0.3 is 5.97 Å². The van der Waals surface area contributed by atoms with Gasteiger partial charge in [0.25, 0.3) is 17.7 Å². The third-order valence-electron chi connectivity index (χ3n) is 7.15. The topological polar surface area (TPSA) is 114 Å². The van der Waals surface area contributed by atoms with E-state index in [0.717, 1.165) is 16.4 Å². The molecule has 2 aliphatic rings. The summed E-state index contributed by atoms with van der Waals surface area (Å²) >= 11 is 6.26. The Morgan fingerprint density at radius 1 is 0.974 bits per heavy atom. The lowest BCUT2D eigenvalue weighted by Gasteiger charge is -2.30. The molecule has 1 aliphatic heterocycles. The lowest BCUT2D eigenvalue weighted by Crippen LogP contribution is -2.52. The van der Waals surface area contributed by atoms with Gasteiger partial charge in [-0.2, -0.15) is 5.01 Å². The minimum Gasteiger partial charge on any atom is -0.457 e. The van der Waals surface area contributed by atoms with Crippen molar-refractivity contribution >= 4 is 41.1 Å². The summed E-state index contributed by atoms with van der Waals surface area (Å²) in [4.78, 5) is 65.9. The Kier molecular flexibility index (Phi) is 7.34. The third kappa shape index (κ3) is 5.22. The van der Waals surface area contributed by atoms with Crippen LogP contribution in [0.15, 0.2) is 71.3 Å². The number of Topliss-reactive ketones (excluding diaryl/α,β-unsaturated/α-hetero) is 1. The van der Waals surface area contributed by atoms with Gasteiger partial charge in [-0.05, 0) is 73.7 Å². The van der Waals surface area contributed by atoms with Crippen LogP contribution in [0.2, 0.25) is 5.02 Å². The summed E-state index contributed by atoms with van der Waals surface area (Å²) in [6, 6.07) is 15.0. The van der Waals surface area contributed by atoms with Gasteiger partial charge in [-0.1, -0.05) is 30.7 Å². The highest BCUT2D eigenvalue weighted by Gasteiger charge is 2.53. The van der Waals surface area contributed by atoms with Crippen LogP contribution < -0.4 is 4.74 Å². The molecule has 0 bridgehead atoms. The molecule has 39 heavy (non-hydrogen) atoms. The molecule has 0 radical (unpaired) electrons. The highest BCUT2D eigenvalue weighted by atomic mass is 35.5. The number of benzene rings is 2. The number of nitrogens with zero attached hydrogens (tertiary/aromatic N) is 2. The summed E-state index contributed by atoms with van der Waals surface area (Å²) in [6.45, 7) is 1.46. The summed E-state index contributed by atoms with van der Waals surface area (Å²) in [5.41, 5.74) is 0.255. The van der Waals surface area contributed by atoms with Gasteiger partial charge < -0.3 is 9.15 Å². The average molecular weight is 549 g/mol. The van der Waals surface area contributed by atoms with Gasteiger partial charge in [0.15, 0.2) is 5.78 Å². The van der Waals surface area contributed by atoms with Crippen LogP contribution in [-0.2, 0) is 9.59 Å². The number of imide groups is 1. The maximum atomic E-state index is 13.6. The van der Waals surface area contributed by atoms with E-state index in [4.69, 9.17) is 20.8 Å². The van der Waals surface area contributed by atoms with Crippen LogP contribution in [0.25, 0.3) is 0 Å². The Labute approximate surface area is 229 Å². The number of halogens is 1. The molecular formula is C29H25ClN2O7. The lowest BCUT2D eigenvalue weighted by molar-refractivity contribution is -0.154. The van der Waals surface area contributed by atoms with Gasteiger partial charge in [-0.15, -0.1) is 0 Å². The Hall–Kier alpha value is -4.24. The van der Waals surface area contributed by atoms with Crippen molar-refractivity contribution < 1.29 is 33.1 Å². The molecular weight excluding hydrogens is 524 g/mol. The van der Waals surface area contributed by atoms with E-state index < -0.39 is 47.9 Å². The number of ketones is 1. The van der Waals surface area contributed by atoms with Crippen LogP contribution in [0.1, 0.15) is 57.5 Å². The van der Waals surface area contributed by atoms with Crippen LogP contribution in [-0.4, -0.2) is 46.0 Å². The van der Waals surface area contributed by atoms with E-state index in [1.807, 2.05) is 6.92 Å². The van der Waals surface area contributed by atoms with E-state index in [9.17, 15) is 24.0 Å². The van der Waals surface area contributed by atoms with Crippen molar-refractivity contribution in [3.8, 4) is 5.75 Å². The van der Waals surface area contributed by atoms with Gasteiger partial charge in [0.05, 0.1) is 28.7 Å². The number of hydrogen-bond donors (Lipinski definition) is 0. The van der Waals surface area contributed by atoms with Crippen molar-refractivity contribution in [3.63, 3.8) is 0 Å². The summed E-state index contributed by atoms with van der Waals surface area (Å²) in [5.74, 6) is -3.48. The molecule has 0 N–H and O–H groups in total. The normalized spacial score (nSPS) is 20.5. The second-order valence-electron chi connectivity index (χ2n) is 9.78. The van der Waals surface area contributed by atoms with Gasteiger partial charge in [-0.25, -0.2) is 9.80 Å². The van der Waals surface area contributed by atoms with Crippen LogP contribution >= 0.6 is 11.6 Å². The first kappa shape index (κ1) is 26.4. The molecule has 2 heterocycles. The van der Waals surface area contributed by atoms with Gasteiger partial charge in [0.1, 0.15) is 12.3 Å². The molecule has 10 heteroatoms. The molecule has 1 saturated carbocycles. The highest BCUT2D eigenvalue weighted by Crippen LogP contribution is 2.41. The zero-order valence-corrected chi connectivity index (χ0v) is 21.8. The molecule has 1 aliphatic carbocycles. The number of amides is 3. The molecule has 0 spiro atoms. The largest absolute Gasteiger partial charge is 0.457 e. The number of ether oxygens (including phenoxy) is 1. The maximum Gasteiger partial charge on any atom is 0.379 e.